The zero-order valence-electron chi connectivity index (χ0n) is 14.5. The molecule has 2 aromatic carbocycles. The molecular weight excluding hydrogens is 312 g/mol. The molecule has 1 nitrogen and oxygen atoms in total. The number of aryl methyl sites for hydroxylation is 1. The first-order valence-corrected chi connectivity index (χ1v) is 9.61. The molecule has 2 aromatic rings. The van der Waals surface area contributed by atoms with Crippen LogP contribution in [0.5, 0.6) is 5.75 Å². The summed E-state index contributed by atoms with van der Waals surface area (Å²) in [5.74, 6) is 1.43. The van der Waals surface area contributed by atoms with Crippen molar-refractivity contribution in [3.8, 4) is 5.75 Å². The van der Waals surface area contributed by atoms with Gasteiger partial charge < -0.3 is 4.74 Å². The van der Waals surface area contributed by atoms with E-state index in [1.54, 1.807) is 7.11 Å². The molecule has 2 atom stereocenters. The molecule has 1 aliphatic rings. The van der Waals surface area contributed by atoms with E-state index < -0.39 is 0 Å². The molecule has 24 heavy (non-hydrogen) atoms. The number of benzene rings is 2. The van der Waals surface area contributed by atoms with Crippen molar-refractivity contribution in [1.29, 1.82) is 0 Å². The summed E-state index contributed by atoms with van der Waals surface area (Å²) in [5.41, 5.74) is 5.29. The molecule has 1 aliphatic carbocycles. The maximum absolute atomic E-state index is 5.26. The summed E-state index contributed by atoms with van der Waals surface area (Å²) in [6.07, 6.45) is 10.3. The summed E-state index contributed by atoms with van der Waals surface area (Å²) in [6, 6.07) is 17.2. The minimum absolute atomic E-state index is 0.509. The fourth-order valence-corrected chi connectivity index (χ4v) is 3.88. The number of ether oxygens (including phenoxy) is 1. The fraction of sp³-hybridized carbons (Fsp3) is 0.273. The molecule has 0 radical (unpaired) electrons. The van der Waals surface area contributed by atoms with Crippen LogP contribution in [0.1, 0.15) is 16.7 Å². The van der Waals surface area contributed by atoms with E-state index in [1.165, 1.54) is 22.3 Å². The molecule has 0 bridgehead atoms. The summed E-state index contributed by atoms with van der Waals surface area (Å²) < 4.78 is 5.26. The van der Waals surface area contributed by atoms with Crippen molar-refractivity contribution in [2.75, 3.05) is 13.4 Å². The van der Waals surface area contributed by atoms with Crippen molar-refractivity contribution >= 4 is 17.3 Å². The third-order valence-electron chi connectivity index (χ3n) is 4.57. The summed E-state index contributed by atoms with van der Waals surface area (Å²) in [5, 5.41) is 0.529. The SMILES string of the molecule is COc1ccc(CC2C=C(c3ccc(C)cc3)C=CC2SC)cc1. The van der Waals surface area contributed by atoms with Crippen LogP contribution in [0.3, 0.4) is 0 Å². The van der Waals surface area contributed by atoms with Crippen LogP contribution in [0.4, 0.5) is 0 Å². The van der Waals surface area contributed by atoms with Crippen LogP contribution in [0.2, 0.25) is 0 Å². The normalized spacial score (nSPS) is 19.9. The molecule has 0 saturated carbocycles. The van der Waals surface area contributed by atoms with E-state index in [1.807, 2.05) is 23.9 Å². The van der Waals surface area contributed by atoms with E-state index in [4.69, 9.17) is 4.74 Å². The molecule has 0 aliphatic heterocycles. The second kappa shape index (κ2) is 7.76. The van der Waals surface area contributed by atoms with Gasteiger partial charge in [-0.25, -0.2) is 0 Å². The Hall–Kier alpha value is -1.93. The first-order chi connectivity index (χ1) is 11.7. The van der Waals surface area contributed by atoms with Crippen LogP contribution >= 0.6 is 11.8 Å². The highest BCUT2D eigenvalue weighted by Gasteiger charge is 2.21. The van der Waals surface area contributed by atoms with E-state index in [2.05, 4.69) is 67.8 Å². The Morgan fingerprint density at radius 1 is 1.00 bits per heavy atom. The average Bonchev–Trinajstić information content (AvgIpc) is 2.63. The molecule has 3 rings (SSSR count). The van der Waals surface area contributed by atoms with Crippen molar-refractivity contribution in [3.63, 3.8) is 0 Å². The summed E-state index contributed by atoms with van der Waals surface area (Å²) in [6.45, 7) is 2.13. The molecule has 0 spiro atoms. The van der Waals surface area contributed by atoms with Gasteiger partial charge in [-0.05, 0) is 54.4 Å². The first-order valence-electron chi connectivity index (χ1n) is 8.32. The Bertz CT molecular complexity index is 726. The molecule has 0 N–H and O–H groups in total. The van der Waals surface area contributed by atoms with Gasteiger partial charge in [0.15, 0.2) is 0 Å². The van der Waals surface area contributed by atoms with Crippen LogP contribution in [0, 0.1) is 12.8 Å². The summed E-state index contributed by atoms with van der Waals surface area (Å²) in [4.78, 5) is 0. The summed E-state index contributed by atoms with van der Waals surface area (Å²) >= 11 is 1.92. The Morgan fingerprint density at radius 2 is 1.71 bits per heavy atom. The molecule has 0 fully saturated rings. The molecule has 2 heteroatoms. The Labute approximate surface area is 149 Å². The maximum atomic E-state index is 5.26. The number of thioether (sulfide) groups is 1. The second-order valence-electron chi connectivity index (χ2n) is 6.26. The van der Waals surface area contributed by atoms with Crippen molar-refractivity contribution in [2.24, 2.45) is 5.92 Å². The van der Waals surface area contributed by atoms with Gasteiger partial charge in [-0.3, -0.25) is 0 Å². The molecule has 2 unspecified atom stereocenters. The van der Waals surface area contributed by atoms with Gasteiger partial charge in [-0.2, -0.15) is 11.8 Å². The lowest BCUT2D eigenvalue weighted by atomic mass is 9.87. The van der Waals surface area contributed by atoms with Crippen LogP contribution in [0.25, 0.3) is 5.57 Å². The summed E-state index contributed by atoms with van der Waals surface area (Å²) in [7, 11) is 1.71. The zero-order chi connectivity index (χ0) is 16.9. The lowest BCUT2D eigenvalue weighted by Crippen LogP contribution is -2.18. The molecule has 0 aromatic heterocycles. The molecular formula is C22H24OS. The quantitative estimate of drug-likeness (QED) is 0.708. The lowest BCUT2D eigenvalue weighted by molar-refractivity contribution is 0.414. The van der Waals surface area contributed by atoms with Gasteiger partial charge in [-0.1, -0.05) is 60.2 Å². The van der Waals surface area contributed by atoms with E-state index in [0.29, 0.717) is 11.2 Å². The van der Waals surface area contributed by atoms with Gasteiger partial charge in [-0.15, -0.1) is 0 Å². The van der Waals surface area contributed by atoms with Gasteiger partial charge in [0.1, 0.15) is 5.75 Å². The van der Waals surface area contributed by atoms with E-state index in [9.17, 15) is 0 Å². The van der Waals surface area contributed by atoms with E-state index >= 15 is 0 Å². The van der Waals surface area contributed by atoms with Crippen LogP contribution in [-0.2, 0) is 6.42 Å². The molecule has 0 heterocycles. The van der Waals surface area contributed by atoms with Gasteiger partial charge >= 0.3 is 0 Å². The van der Waals surface area contributed by atoms with Crippen molar-refractivity contribution < 1.29 is 4.74 Å². The minimum Gasteiger partial charge on any atom is -0.497 e. The lowest BCUT2D eigenvalue weighted by Gasteiger charge is -2.25. The van der Waals surface area contributed by atoms with Gasteiger partial charge in [0.05, 0.1) is 7.11 Å². The Kier molecular flexibility index (Phi) is 5.47. The standard InChI is InChI=1S/C22H24OS/c1-16-4-8-18(9-5-16)19-10-13-22(24-3)20(15-19)14-17-6-11-21(23-2)12-7-17/h4-13,15,20,22H,14H2,1-3H3. The molecule has 0 saturated heterocycles. The highest BCUT2D eigenvalue weighted by Crippen LogP contribution is 2.33. The second-order valence-corrected chi connectivity index (χ2v) is 7.28. The maximum Gasteiger partial charge on any atom is 0.118 e. The number of hydrogen-bond acceptors (Lipinski definition) is 2. The van der Waals surface area contributed by atoms with Gasteiger partial charge in [0.25, 0.3) is 0 Å². The van der Waals surface area contributed by atoms with Crippen molar-refractivity contribution in [1.82, 2.24) is 0 Å². The third kappa shape index (κ3) is 3.93. The van der Waals surface area contributed by atoms with Crippen LogP contribution < -0.4 is 4.74 Å². The molecule has 124 valence electrons. The highest BCUT2D eigenvalue weighted by molar-refractivity contribution is 7.99. The predicted molar refractivity (Wildman–Crippen MR) is 106 cm³/mol. The monoisotopic (exact) mass is 336 g/mol. The third-order valence-corrected chi connectivity index (χ3v) is 5.62. The topological polar surface area (TPSA) is 9.23 Å². The zero-order valence-corrected chi connectivity index (χ0v) is 15.3. The Morgan fingerprint density at radius 3 is 2.33 bits per heavy atom. The van der Waals surface area contributed by atoms with E-state index in [-0.39, 0.29) is 0 Å². The number of methoxy groups -OCH3 is 1. The smallest absolute Gasteiger partial charge is 0.118 e. The van der Waals surface area contributed by atoms with Crippen molar-refractivity contribution in [2.45, 2.75) is 18.6 Å². The largest absolute Gasteiger partial charge is 0.497 e. The van der Waals surface area contributed by atoms with Gasteiger partial charge in [0.2, 0.25) is 0 Å². The van der Waals surface area contributed by atoms with E-state index in [0.717, 1.165) is 12.2 Å². The van der Waals surface area contributed by atoms with Crippen molar-refractivity contribution in [3.05, 3.63) is 83.4 Å². The van der Waals surface area contributed by atoms with Crippen LogP contribution in [-0.4, -0.2) is 18.6 Å². The van der Waals surface area contributed by atoms with Crippen LogP contribution in [0.15, 0.2) is 66.8 Å². The fourth-order valence-electron chi connectivity index (χ4n) is 3.12. The molecule has 0 amide bonds. The average molecular weight is 337 g/mol. The minimum atomic E-state index is 0.509. The predicted octanol–water partition coefficient (Wildman–Crippen LogP) is 5.55. The van der Waals surface area contributed by atoms with Gasteiger partial charge in [0, 0.05) is 5.25 Å². The number of rotatable bonds is 5. The highest BCUT2D eigenvalue weighted by atomic mass is 32.2. The Balaban J connectivity index is 1.82. The first kappa shape index (κ1) is 16.9. The number of allylic oxidation sites excluding steroid dienone is 3. The number of hydrogen-bond donors (Lipinski definition) is 0.